The summed E-state index contributed by atoms with van der Waals surface area (Å²) in [5.74, 6) is 0.993. The molecule has 3 rings (SSSR count). The van der Waals surface area contributed by atoms with Crippen molar-refractivity contribution in [3.8, 4) is 11.4 Å². The number of carbonyl (C=O) groups is 1. The summed E-state index contributed by atoms with van der Waals surface area (Å²) >= 11 is 1.38. The maximum atomic E-state index is 12.3. The number of nitrogens with zero attached hydrogens (tertiary/aromatic N) is 5. The maximum Gasteiger partial charge on any atom is 0.234 e. The summed E-state index contributed by atoms with van der Waals surface area (Å²) in [6.45, 7) is 7.71. The molecule has 0 spiro atoms. The van der Waals surface area contributed by atoms with Gasteiger partial charge < -0.3 is 9.88 Å². The van der Waals surface area contributed by atoms with Gasteiger partial charge in [0.25, 0.3) is 0 Å². The lowest BCUT2D eigenvalue weighted by Crippen LogP contribution is -2.14. The number of aryl methyl sites for hydroxylation is 2. The summed E-state index contributed by atoms with van der Waals surface area (Å²) in [5.41, 5.74) is 2.98. The van der Waals surface area contributed by atoms with E-state index in [4.69, 9.17) is 0 Å². The standard InChI is InChI=1S/C19H24N6OS/c1-4-14-7-9-16(10-8-14)21-17(26)13-27-19-23-22-18(25(19)6-3)15-11-20-24(5-2)12-15/h7-12H,4-6,13H2,1-3H3,(H,21,26). The Hall–Kier alpha value is -2.61. The molecular formula is C19H24N6OS. The number of thioether (sulfide) groups is 1. The Kier molecular flexibility index (Phi) is 6.28. The van der Waals surface area contributed by atoms with E-state index in [1.807, 2.05) is 53.6 Å². The van der Waals surface area contributed by atoms with Crippen molar-refractivity contribution in [2.75, 3.05) is 11.1 Å². The summed E-state index contributed by atoms with van der Waals surface area (Å²) in [6, 6.07) is 7.91. The molecule has 1 aromatic carbocycles. The number of nitrogens with one attached hydrogen (secondary N) is 1. The molecule has 8 heteroatoms. The molecule has 0 aliphatic carbocycles. The fraction of sp³-hybridized carbons (Fsp3) is 0.368. The van der Waals surface area contributed by atoms with E-state index >= 15 is 0 Å². The van der Waals surface area contributed by atoms with Crippen molar-refractivity contribution in [2.45, 2.75) is 45.4 Å². The quantitative estimate of drug-likeness (QED) is 0.602. The molecule has 0 saturated carbocycles. The van der Waals surface area contributed by atoms with Crippen LogP contribution in [0.5, 0.6) is 0 Å². The predicted octanol–water partition coefficient (Wildman–Crippen LogP) is 3.47. The zero-order chi connectivity index (χ0) is 19.2. The van der Waals surface area contributed by atoms with Crippen LogP contribution in [-0.2, 0) is 24.3 Å². The SMILES string of the molecule is CCc1ccc(NC(=O)CSc2nnc(-c3cnn(CC)c3)n2CC)cc1. The van der Waals surface area contributed by atoms with Crippen molar-refractivity contribution < 1.29 is 4.79 Å². The Morgan fingerprint density at radius 1 is 1.11 bits per heavy atom. The van der Waals surface area contributed by atoms with Gasteiger partial charge in [-0.05, 0) is 38.0 Å². The molecule has 7 nitrogen and oxygen atoms in total. The molecule has 0 aliphatic heterocycles. The highest BCUT2D eigenvalue weighted by atomic mass is 32.2. The summed E-state index contributed by atoms with van der Waals surface area (Å²) in [4.78, 5) is 12.3. The minimum absolute atomic E-state index is 0.0599. The number of carbonyl (C=O) groups excluding carboxylic acids is 1. The third-order valence-electron chi connectivity index (χ3n) is 4.23. The van der Waals surface area contributed by atoms with Crippen molar-refractivity contribution in [3.05, 3.63) is 42.2 Å². The minimum Gasteiger partial charge on any atom is -0.325 e. The van der Waals surface area contributed by atoms with Crippen molar-refractivity contribution in [1.29, 1.82) is 0 Å². The Morgan fingerprint density at radius 2 is 1.89 bits per heavy atom. The van der Waals surface area contributed by atoms with E-state index in [1.165, 1.54) is 17.3 Å². The molecule has 0 radical (unpaired) electrons. The Balaban J connectivity index is 1.64. The van der Waals surface area contributed by atoms with Crippen LogP contribution in [-0.4, -0.2) is 36.2 Å². The van der Waals surface area contributed by atoms with Crippen LogP contribution < -0.4 is 5.32 Å². The lowest BCUT2D eigenvalue weighted by atomic mass is 10.1. The molecule has 2 heterocycles. The highest BCUT2D eigenvalue weighted by Gasteiger charge is 2.16. The van der Waals surface area contributed by atoms with E-state index in [9.17, 15) is 4.79 Å². The Morgan fingerprint density at radius 3 is 2.52 bits per heavy atom. The summed E-state index contributed by atoms with van der Waals surface area (Å²) in [7, 11) is 0. The fourth-order valence-corrected chi connectivity index (χ4v) is 3.50. The lowest BCUT2D eigenvalue weighted by molar-refractivity contribution is -0.113. The van der Waals surface area contributed by atoms with Crippen LogP contribution in [0.3, 0.4) is 0 Å². The number of hydrogen-bond acceptors (Lipinski definition) is 5. The average Bonchev–Trinajstić information content (AvgIpc) is 3.33. The molecule has 142 valence electrons. The first kappa shape index (κ1) is 19.2. The molecule has 0 fully saturated rings. The zero-order valence-electron chi connectivity index (χ0n) is 15.8. The second-order valence-corrected chi connectivity index (χ2v) is 6.96. The molecule has 2 aromatic heterocycles. The van der Waals surface area contributed by atoms with Gasteiger partial charge in [0.05, 0.1) is 17.5 Å². The third kappa shape index (κ3) is 4.57. The van der Waals surface area contributed by atoms with E-state index < -0.39 is 0 Å². The molecule has 0 unspecified atom stereocenters. The zero-order valence-corrected chi connectivity index (χ0v) is 16.7. The molecule has 3 aromatic rings. The topological polar surface area (TPSA) is 77.6 Å². The molecule has 0 saturated heterocycles. The van der Waals surface area contributed by atoms with Crippen molar-refractivity contribution in [3.63, 3.8) is 0 Å². The predicted molar refractivity (Wildman–Crippen MR) is 108 cm³/mol. The van der Waals surface area contributed by atoms with Crippen LogP contribution in [0.1, 0.15) is 26.3 Å². The number of anilines is 1. The number of benzene rings is 1. The number of amides is 1. The van der Waals surface area contributed by atoms with Crippen LogP contribution in [0.15, 0.2) is 41.8 Å². The van der Waals surface area contributed by atoms with Crippen molar-refractivity contribution in [2.24, 2.45) is 0 Å². The van der Waals surface area contributed by atoms with Gasteiger partial charge in [-0.15, -0.1) is 10.2 Å². The number of rotatable bonds is 8. The van der Waals surface area contributed by atoms with E-state index in [-0.39, 0.29) is 11.7 Å². The largest absolute Gasteiger partial charge is 0.325 e. The van der Waals surface area contributed by atoms with Gasteiger partial charge in [-0.2, -0.15) is 5.10 Å². The summed E-state index contributed by atoms with van der Waals surface area (Å²) < 4.78 is 3.86. The first-order valence-corrected chi connectivity index (χ1v) is 10.1. The first-order valence-electron chi connectivity index (χ1n) is 9.12. The third-order valence-corrected chi connectivity index (χ3v) is 5.19. The minimum atomic E-state index is -0.0599. The van der Waals surface area contributed by atoms with Gasteiger partial charge in [-0.1, -0.05) is 30.8 Å². The van der Waals surface area contributed by atoms with Crippen LogP contribution in [0.25, 0.3) is 11.4 Å². The van der Waals surface area contributed by atoms with Gasteiger partial charge in [0, 0.05) is 25.0 Å². The van der Waals surface area contributed by atoms with Gasteiger partial charge in [0.15, 0.2) is 11.0 Å². The smallest absolute Gasteiger partial charge is 0.234 e. The molecule has 0 aliphatic rings. The molecule has 1 amide bonds. The summed E-state index contributed by atoms with van der Waals surface area (Å²) in [6.07, 6.45) is 4.73. The van der Waals surface area contributed by atoms with Gasteiger partial charge in [0.2, 0.25) is 5.91 Å². The van der Waals surface area contributed by atoms with Crippen molar-refractivity contribution in [1.82, 2.24) is 24.5 Å². The first-order chi connectivity index (χ1) is 13.1. The number of aromatic nitrogens is 5. The highest BCUT2D eigenvalue weighted by molar-refractivity contribution is 7.99. The van der Waals surface area contributed by atoms with E-state index in [0.717, 1.165) is 41.7 Å². The molecular weight excluding hydrogens is 360 g/mol. The van der Waals surface area contributed by atoms with Gasteiger partial charge in [0.1, 0.15) is 0 Å². The molecule has 0 bridgehead atoms. The Bertz CT molecular complexity index is 899. The van der Waals surface area contributed by atoms with Crippen LogP contribution in [0.4, 0.5) is 5.69 Å². The lowest BCUT2D eigenvalue weighted by Gasteiger charge is -2.07. The molecule has 0 atom stereocenters. The van der Waals surface area contributed by atoms with E-state index in [2.05, 4.69) is 27.5 Å². The highest BCUT2D eigenvalue weighted by Crippen LogP contribution is 2.24. The average molecular weight is 385 g/mol. The van der Waals surface area contributed by atoms with E-state index in [1.54, 1.807) is 6.20 Å². The second-order valence-electron chi connectivity index (χ2n) is 6.02. The van der Waals surface area contributed by atoms with Gasteiger partial charge in [-0.3, -0.25) is 9.48 Å². The molecule has 27 heavy (non-hydrogen) atoms. The van der Waals surface area contributed by atoms with Crippen LogP contribution in [0, 0.1) is 0 Å². The van der Waals surface area contributed by atoms with Crippen LogP contribution in [0.2, 0.25) is 0 Å². The second kappa shape index (κ2) is 8.85. The van der Waals surface area contributed by atoms with E-state index in [0.29, 0.717) is 0 Å². The van der Waals surface area contributed by atoms with Gasteiger partial charge >= 0.3 is 0 Å². The van der Waals surface area contributed by atoms with Gasteiger partial charge in [-0.25, -0.2) is 0 Å². The fourth-order valence-electron chi connectivity index (χ4n) is 2.70. The Labute approximate surface area is 163 Å². The van der Waals surface area contributed by atoms with Crippen molar-refractivity contribution >= 4 is 23.4 Å². The van der Waals surface area contributed by atoms with Crippen LogP contribution >= 0.6 is 11.8 Å². The normalized spacial score (nSPS) is 10.9. The maximum absolute atomic E-state index is 12.3. The summed E-state index contributed by atoms with van der Waals surface area (Å²) in [5, 5.41) is 16.5. The molecule has 1 N–H and O–H groups in total. The monoisotopic (exact) mass is 384 g/mol. The number of hydrogen-bond donors (Lipinski definition) is 1.